The lowest BCUT2D eigenvalue weighted by atomic mass is 10.0. The molecule has 4 heteroatoms. The molecule has 1 atom stereocenters. The molecule has 0 aliphatic heterocycles. The number of rotatable bonds is 4. The van der Waals surface area contributed by atoms with E-state index in [-0.39, 0.29) is 5.82 Å². The molecule has 0 aliphatic carbocycles. The first kappa shape index (κ1) is 11.5. The van der Waals surface area contributed by atoms with Crippen LogP contribution >= 0.6 is 0 Å². The molecule has 0 heterocycles. The third-order valence-electron chi connectivity index (χ3n) is 2.10. The van der Waals surface area contributed by atoms with Gasteiger partial charge in [0.1, 0.15) is 11.6 Å². The van der Waals surface area contributed by atoms with Crippen molar-refractivity contribution in [3.63, 3.8) is 0 Å². The van der Waals surface area contributed by atoms with Gasteiger partial charge in [-0.15, -0.1) is 12.3 Å². The highest BCUT2D eigenvalue weighted by molar-refractivity contribution is 5.37. The number of benzene rings is 1. The van der Waals surface area contributed by atoms with Crippen LogP contribution in [0.15, 0.2) is 18.2 Å². The smallest absolute Gasteiger partial charge is 0.131 e. The number of ether oxygens (including phenoxy) is 1. The maximum Gasteiger partial charge on any atom is 0.131 e. The number of hydrogen-bond donors (Lipinski definition) is 2. The third kappa shape index (κ3) is 2.46. The summed E-state index contributed by atoms with van der Waals surface area (Å²) in [6, 6.07) is 4.14. The van der Waals surface area contributed by atoms with Crippen molar-refractivity contribution in [3.8, 4) is 18.1 Å². The molecular weight excluding hydrogens is 195 g/mol. The van der Waals surface area contributed by atoms with Crippen LogP contribution in [0.3, 0.4) is 0 Å². The van der Waals surface area contributed by atoms with Crippen LogP contribution < -0.4 is 16.0 Å². The molecule has 1 aromatic carbocycles. The SMILES string of the molecule is C#CCC(NN)c1c(F)cccc1OC. The second-order valence-corrected chi connectivity index (χ2v) is 2.98. The van der Waals surface area contributed by atoms with Crippen LogP contribution in [-0.2, 0) is 0 Å². The number of methoxy groups -OCH3 is 1. The molecule has 0 spiro atoms. The maximum atomic E-state index is 13.6. The normalized spacial score (nSPS) is 11.9. The predicted octanol–water partition coefficient (Wildman–Crippen LogP) is 1.36. The van der Waals surface area contributed by atoms with Crippen LogP contribution in [0.2, 0.25) is 0 Å². The van der Waals surface area contributed by atoms with Crippen molar-refractivity contribution >= 4 is 0 Å². The van der Waals surface area contributed by atoms with E-state index < -0.39 is 6.04 Å². The molecule has 3 nitrogen and oxygen atoms in total. The minimum Gasteiger partial charge on any atom is -0.496 e. The largest absolute Gasteiger partial charge is 0.496 e. The van der Waals surface area contributed by atoms with E-state index in [1.54, 1.807) is 12.1 Å². The van der Waals surface area contributed by atoms with Crippen molar-refractivity contribution in [2.75, 3.05) is 7.11 Å². The lowest BCUT2D eigenvalue weighted by molar-refractivity contribution is 0.391. The second-order valence-electron chi connectivity index (χ2n) is 2.98. The van der Waals surface area contributed by atoms with E-state index in [0.717, 1.165) is 0 Å². The number of terminal acetylenes is 1. The highest BCUT2D eigenvalue weighted by Gasteiger charge is 2.18. The van der Waals surface area contributed by atoms with Gasteiger partial charge >= 0.3 is 0 Å². The summed E-state index contributed by atoms with van der Waals surface area (Å²) in [5.74, 6) is 7.80. The standard InChI is InChI=1S/C11H13FN2O/c1-3-5-9(14-13)11-8(12)6-4-7-10(11)15-2/h1,4,6-7,9,14H,5,13H2,2H3. The molecule has 0 radical (unpaired) electrons. The van der Waals surface area contributed by atoms with Crippen molar-refractivity contribution in [1.29, 1.82) is 0 Å². The van der Waals surface area contributed by atoms with Crippen LogP contribution in [-0.4, -0.2) is 7.11 Å². The average molecular weight is 208 g/mol. The third-order valence-corrected chi connectivity index (χ3v) is 2.10. The van der Waals surface area contributed by atoms with Gasteiger partial charge in [0.05, 0.1) is 13.2 Å². The van der Waals surface area contributed by atoms with Crippen molar-refractivity contribution < 1.29 is 9.13 Å². The van der Waals surface area contributed by atoms with Crippen molar-refractivity contribution in [2.24, 2.45) is 5.84 Å². The molecule has 3 N–H and O–H groups in total. The van der Waals surface area contributed by atoms with E-state index in [1.807, 2.05) is 0 Å². The summed E-state index contributed by atoms with van der Waals surface area (Å²) in [5.41, 5.74) is 2.83. The summed E-state index contributed by atoms with van der Waals surface area (Å²) >= 11 is 0. The zero-order valence-corrected chi connectivity index (χ0v) is 8.46. The molecule has 15 heavy (non-hydrogen) atoms. The summed E-state index contributed by atoms with van der Waals surface area (Å²) in [4.78, 5) is 0. The van der Waals surface area contributed by atoms with E-state index >= 15 is 0 Å². The van der Waals surface area contributed by atoms with Gasteiger partial charge in [-0.1, -0.05) is 6.07 Å². The Balaban J connectivity index is 3.15. The first-order chi connectivity index (χ1) is 7.24. The molecule has 0 amide bonds. The second kappa shape index (κ2) is 5.35. The highest BCUT2D eigenvalue weighted by Crippen LogP contribution is 2.28. The van der Waals surface area contributed by atoms with Gasteiger partial charge < -0.3 is 4.74 Å². The lowest BCUT2D eigenvalue weighted by Gasteiger charge is -2.17. The molecule has 0 aromatic heterocycles. The fraction of sp³-hybridized carbons (Fsp3) is 0.273. The zero-order valence-electron chi connectivity index (χ0n) is 8.46. The Morgan fingerprint density at radius 2 is 2.40 bits per heavy atom. The summed E-state index contributed by atoms with van der Waals surface area (Å²) < 4.78 is 18.6. The molecule has 0 saturated heterocycles. The Morgan fingerprint density at radius 1 is 1.67 bits per heavy atom. The zero-order chi connectivity index (χ0) is 11.3. The predicted molar refractivity (Wildman–Crippen MR) is 56.5 cm³/mol. The number of hydrazine groups is 1. The fourth-order valence-corrected chi connectivity index (χ4v) is 1.40. The molecule has 1 unspecified atom stereocenters. The monoisotopic (exact) mass is 208 g/mol. The van der Waals surface area contributed by atoms with Gasteiger partial charge in [0.2, 0.25) is 0 Å². The Kier molecular flexibility index (Phi) is 4.10. The molecular formula is C11H13FN2O. The summed E-state index contributed by atoms with van der Waals surface area (Å²) in [6.07, 6.45) is 5.47. The van der Waals surface area contributed by atoms with Crippen LogP contribution in [0.5, 0.6) is 5.75 Å². The maximum absolute atomic E-state index is 13.6. The Bertz CT molecular complexity index is 373. The van der Waals surface area contributed by atoms with E-state index in [4.69, 9.17) is 17.0 Å². The van der Waals surface area contributed by atoms with Gasteiger partial charge in [-0.2, -0.15) is 0 Å². The summed E-state index contributed by atoms with van der Waals surface area (Å²) in [6.45, 7) is 0. The molecule has 0 fully saturated rings. The number of nitrogens with one attached hydrogen (secondary N) is 1. The number of nitrogens with two attached hydrogens (primary N) is 1. The average Bonchev–Trinajstić information content (AvgIpc) is 2.26. The molecule has 80 valence electrons. The topological polar surface area (TPSA) is 47.3 Å². The molecule has 0 saturated carbocycles. The number of halogens is 1. The first-order valence-corrected chi connectivity index (χ1v) is 4.46. The van der Waals surface area contributed by atoms with Crippen LogP contribution in [0, 0.1) is 18.2 Å². The minimum absolute atomic E-state index is 0.299. The summed E-state index contributed by atoms with van der Waals surface area (Å²) in [5, 5.41) is 0. The van der Waals surface area contributed by atoms with Crippen LogP contribution in [0.4, 0.5) is 4.39 Å². The van der Waals surface area contributed by atoms with E-state index in [0.29, 0.717) is 17.7 Å². The van der Waals surface area contributed by atoms with Gasteiger partial charge in [-0.3, -0.25) is 11.3 Å². The van der Waals surface area contributed by atoms with E-state index in [1.165, 1.54) is 13.2 Å². The quantitative estimate of drug-likeness (QED) is 0.446. The lowest BCUT2D eigenvalue weighted by Crippen LogP contribution is -2.28. The van der Waals surface area contributed by atoms with Crippen LogP contribution in [0.1, 0.15) is 18.0 Å². The Labute approximate surface area is 88.4 Å². The Morgan fingerprint density at radius 3 is 2.93 bits per heavy atom. The molecule has 1 rings (SSSR count). The van der Waals surface area contributed by atoms with Gasteiger partial charge in [-0.25, -0.2) is 4.39 Å². The van der Waals surface area contributed by atoms with Gasteiger partial charge in [0.25, 0.3) is 0 Å². The van der Waals surface area contributed by atoms with Crippen LogP contribution in [0.25, 0.3) is 0 Å². The minimum atomic E-state index is -0.439. The summed E-state index contributed by atoms with van der Waals surface area (Å²) in [7, 11) is 1.47. The van der Waals surface area contributed by atoms with E-state index in [2.05, 4.69) is 11.3 Å². The molecule has 0 bridgehead atoms. The van der Waals surface area contributed by atoms with Crippen molar-refractivity contribution in [2.45, 2.75) is 12.5 Å². The molecule has 0 aliphatic rings. The Hall–Kier alpha value is -1.57. The van der Waals surface area contributed by atoms with Gasteiger partial charge in [0, 0.05) is 12.0 Å². The van der Waals surface area contributed by atoms with Crippen molar-refractivity contribution in [1.82, 2.24) is 5.43 Å². The first-order valence-electron chi connectivity index (χ1n) is 4.46. The number of hydrogen-bond acceptors (Lipinski definition) is 3. The molecule has 1 aromatic rings. The van der Waals surface area contributed by atoms with Gasteiger partial charge in [-0.05, 0) is 12.1 Å². The van der Waals surface area contributed by atoms with Gasteiger partial charge in [0.15, 0.2) is 0 Å². The van der Waals surface area contributed by atoms with E-state index in [9.17, 15) is 4.39 Å². The highest BCUT2D eigenvalue weighted by atomic mass is 19.1. The fourth-order valence-electron chi connectivity index (χ4n) is 1.40. The van der Waals surface area contributed by atoms with Crippen molar-refractivity contribution in [3.05, 3.63) is 29.6 Å².